The minimum Gasteiger partial charge on any atom is -0.395 e. The summed E-state index contributed by atoms with van der Waals surface area (Å²) in [7, 11) is 0. The molecule has 1 aromatic heterocycles. The van der Waals surface area contributed by atoms with E-state index in [1.54, 1.807) is 11.1 Å². The van der Waals surface area contributed by atoms with Crippen molar-refractivity contribution in [3.63, 3.8) is 0 Å². The van der Waals surface area contributed by atoms with Gasteiger partial charge < -0.3 is 15.0 Å². The molecule has 2 aromatic rings. The molecule has 1 saturated carbocycles. The van der Waals surface area contributed by atoms with Crippen LogP contribution >= 0.6 is 0 Å². The zero-order valence-electron chi connectivity index (χ0n) is 14.9. The molecule has 1 heterocycles. The van der Waals surface area contributed by atoms with Gasteiger partial charge in [-0.3, -0.25) is 4.79 Å². The highest BCUT2D eigenvalue weighted by Gasteiger charge is 2.43. The number of hydrogen-bond acceptors (Lipinski definition) is 3. The minimum atomic E-state index is -0.469. The summed E-state index contributed by atoms with van der Waals surface area (Å²) in [6, 6.07) is 10.1. The second-order valence-corrected chi connectivity index (χ2v) is 6.95. The molecule has 1 aliphatic carbocycles. The summed E-state index contributed by atoms with van der Waals surface area (Å²) in [5, 5.41) is 9.50. The maximum atomic E-state index is 13.6. The van der Waals surface area contributed by atoms with E-state index in [-0.39, 0.29) is 12.5 Å². The number of aromatic nitrogens is 2. The zero-order chi connectivity index (χ0) is 17.7. The molecule has 25 heavy (non-hydrogen) atoms. The van der Waals surface area contributed by atoms with Gasteiger partial charge in [-0.25, -0.2) is 4.98 Å². The van der Waals surface area contributed by atoms with Gasteiger partial charge in [-0.05, 0) is 25.3 Å². The molecule has 0 saturated heterocycles. The number of benzene rings is 1. The first-order chi connectivity index (χ1) is 12.2. The molecule has 2 N–H and O–H groups in total. The number of hydrogen-bond donors (Lipinski definition) is 2. The van der Waals surface area contributed by atoms with E-state index in [9.17, 15) is 9.90 Å². The van der Waals surface area contributed by atoms with Crippen LogP contribution in [0.5, 0.6) is 0 Å². The van der Waals surface area contributed by atoms with Gasteiger partial charge in [0.1, 0.15) is 5.82 Å². The van der Waals surface area contributed by atoms with E-state index in [4.69, 9.17) is 0 Å². The Hall–Kier alpha value is -2.14. The van der Waals surface area contributed by atoms with Crippen molar-refractivity contribution in [2.45, 2.75) is 51.0 Å². The maximum Gasteiger partial charge on any atom is 0.233 e. The zero-order valence-corrected chi connectivity index (χ0v) is 14.9. The van der Waals surface area contributed by atoms with E-state index in [1.807, 2.05) is 25.1 Å². The van der Waals surface area contributed by atoms with Crippen LogP contribution in [0.4, 0.5) is 0 Å². The number of aromatic amines is 1. The van der Waals surface area contributed by atoms with Gasteiger partial charge in [-0.1, -0.05) is 49.6 Å². The Morgan fingerprint density at radius 2 is 1.96 bits per heavy atom. The molecule has 1 aromatic carbocycles. The van der Waals surface area contributed by atoms with Gasteiger partial charge in [-0.2, -0.15) is 0 Å². The Kier molecular flexibility index (Phi) is 5.53. The molecule has 0 atom stereocenters. The number of H-pyrrole nitrogens is 1. The van der Waals surface area contributed by atoms with Crippen molar-refractivity contribution in [1.29, 1.82) is 0 Å². The van der Waals surface area contributed by atoms with Crippen LogP contribution in [0, 0.1) is 6.92 Å². The van der Waals surface area contributed by atoms with Crippen molar-refractivity contribution in [3.8, 4) is 0 Å². The van der Waals surface area contributed by atoms with Crippen molar-refractivity contribution in [1.82, 2.24) is 14.9 Å². The average molecular weight is 341 g/mol. The number of nitrogens with one attached hydrogen (secondary N) is 1. The average Bonchev–Trinajstić information content (AvgIpc) is 3.07. The monoisotopic (exact) mass is 341 g/mol. The first-order valence-corrected chi connectivity index (χ1v) is 9.12. The Balaban J connectivity index is 1.91. The highest BCUT2D eigenvalue weighted by atomic mass is 16.3. The van der Waals surface area contributed by atoms with Crippen LogP contribution in [0.25, 0.3) is 0 Å². The largest absolute Gasteiger partial charge is 0.395 e. The smallest absolute Gasteiger partial charge is 0.233 e. The lowest BCUT2D eigenvalue weighted by Gasteiger charge is -2.40. The van der Waals surface area contributed by atoms with Crippen LogP contribution < -0.4 is 0 Å². The summed E-state index contributed by atoms with van der Waals surface area (Å²) in [6.07, 6.45) is 6.83. The molecule has 5 heteroatoms. The van der Waals surface area contributed by atoms with Gasteiger partial charge in [-0.15, -0.1) is 0 Å². The number of nitrogens with zero attached hydrogens (tertiary/aromatic N) is 2. The van der Waals surface area contributed by atoms with E-state index < -0.39 is 5.41 Å². The van der Waals surface area contributed by atoms with Gasteiger partial charge in [0.25, 0.3) is 0 Å². The van der Waals surface area contributed by atoms with E-state index in [1.165, 1.54) is 6.42 Å². The number of carbonyl (C=O) groups excluding carboxylic acids is 1. The lowest BCUT2D eigenvalue weighted by atomic mass is 9.68. The molecule has 0 unspecified atom stereocenters. The van der Waals surface area contributed by atoms with Gasteiger partial charge in [0.15, 0.2) is 0 Å². The normalized spacial score (nSPS) is 16.6. The van der Waals surface area contributed by atoms with Crippen molar-refractivity contribution < 1.29 is 9.90 Å². The number of rotatable bonds is 6. The fraction of sp³-hybridized carbons (Fsp3) is 0.500. The fourth-order valence-corrected chi connectivity index (χ4v) is 3.97. The van der Waals surface area contributed by atoms with E-state index in [0.717, 1.165) is 42.8 Å². The Bertz CT molecular complexity index is 690. The molecule has 1 aliphatic rings. The molecular formula is C20H27N3O2. The molecule has 134 valence electrons. The van der Waals surface area contributed by atoms with E-state index >= 15 is 0 Å². The third-order valence-corrected chi connectivity index (χ3v) is 5.22. The number of carbonyl (C=O) groups is 1. The number of aliphatic hydroxyl groups excluding tert-OH is 1. The predicted molar refractivity (Wildman–Crippen MR) is 97.0 cm³/mol. The summed E-state index contributed by atoms with van der Waals surface area (Å²) in [5.74, 6) is 0.960. The number of imidazole rings is 1. The number of amides is 1. The highest BCUT2D eigenvalue weighted by Crippen LogP contribution is 2.41. The van der Waals surface area contributed by atoms with Crippen molar-refractivity contribution in [2.75, 3.05) is 13.2 Å². The third kappa shape index (κ3) is 3.76. The highest BCUT2D eigenvalue weighted by molar-refractivity contribution is 5.88. The summed E-state index contributed by atoms with van der Waals surface area (Å²) >= 11 is 0. The molecule has 0 bridgehead atoms. The first-order valence-electron chi connectivity index (χ1n) is 9.12. The lowest BCUT2D eigenvalue weighted by Crippen LogP contribution is -2.48. The van der Waals surface area contributed by atoms with Crippen LogP contribution in [0.3, 0.4) is 0 Å². The SMILES string of the molecule is Cc1ncc(CN(CCO)C(=O)C2(c3ccccc3)CCCCC2)[nH]1. The molecule has 1 fully saturated rings. The minimum absolute atomic E-state index is 0.0380. The van der Waals surface area contributed by atoms with Crippen LogP contribution in [-0.2, 0) is 16.8 Å². The van der Waals surface area contributed by atoms with E-state index in [2.05, 4.69) is 22.1 Å². The molecule has 5 nitrogen and oxygen atoms in total. The summed E-state index contributed by atoms with van der Waals surface area (Å²) in [6.45, 7) is 2.65. The van der Waals surface area contributed by atoms with Gasteiger partial charge >= 0.3 is 0 Å². The molecule has 0 spiro atoms. The first kappa shape index (κ1) is 17.7. The number of aliphatic hydroxyl groups is 1. The predicted octanol–water partition coefficient (Wildman–Crippen LogP) is 2.94. The molecular weight excluding hydrogens is 314 g/mol. The Labute approximate surface area is 149 Å². The fourth-order valence-electron chi connectivity index (χ4n) is 3.97. The van der Waals surface area contributed by atoms with E-state index in [0.29, 0.717) is 13.1 Å². The van der Waals surface area contributed by atoms with Crippen LogP contribution in [0.2, 0.25) is 0 Å². The van der Waals surface area contributed by atoms with Gasteiger partial charge in [0.2, 0.25) is 5.91 Å². The molecule has 1 amide bonds. The second kappa shape index (κ2) is 7.83. The van der Waals surface area contributed by atoms with Crippen LogP contribution in [0.15, 0.2) is 36.5 Å². The van der Waals surface area contributed by atoms with Crippen molar-refractivity contribution >= 4 is 5.91 Å². The number of aryl methyl sites for hydroxylation is 1. The van der Waals surface area contributed by atoms with Gasteiger partial charge in [0, 0.05) is 6.54 Å². The summed E-state index contributed by atoms with van der Waals surface area (Å²) in [4.78, 5) is 22.8. The standard InChI is InChI=1S/C20H27N3O2/c1-16-21-14-18(22-16)15-23(12-13-24)19(25)20(10-6-3-7-11-20)17-8-4-2-5-9-17/h2,4-5,8-9,14,24H,3,6-7,10-13,15H2,1H3,(H,21,22). The second-order valence-electron chi connectivity index (χ2n) is 6.95. The Morgan fingerprint density at radius 3 is 2.56 bits per heavy atom. The van der Waals surface area contributed by atoms with Crippen LogP contribution in [-0.4, -0.2) is 39.0 Å². The van der Waals surface area contributed by atoms with Crippen molar-refractivity contribution in [2.24, 2.45) is 0 Å². The molecule has 3 rings (SSSR count). The third-order valence-electron chi connectivity index (χ3n) is 5.22. The summed E-state index contributed by atoms with van der Waals surface area (Å²) < 4.78 is 0. The quantitative estimate of drug-likeness (QED) is 0.849. The molecule has 0 aliphatic heterocycles. The topological polar surface area (TPSA) is 69.2 Å². The molecule has 0 radical (unpaired) electrons. The Morgan fingerprint density at radius 1 is 1.24 bits per heavy atom. The lowest BCUT2D eigenvalue weighted by molar-refractivity contribution is -0.140. The van der Waals surface area contributed by atoms with Gasteiger partial charge in [0.05, 0.1) is 30.5 Å². The summed E-state index contributed by atoms with van der Waals surface area (Å²) in [5.41, 5.74) is 1.53. The maximum absolute atomic E-state index is 13.6. The van der Waals surface area contributed by atoms with Crippen molar-refractivity contribution in [3.05, 3.63) is 53.6 Å². The van der Waals surface area contributed by atoms with Crippen LogP contribution in [0.1, 0.15) is 49.2 Å².